The lowest BCUT2D eigenvalue weighted by Crippen LogP contribution is -2.09. The van der Waals surface area contributed by atoms with Crippen LogP contribution in [0.1, 0.15) is 35.4 Å². The van der Waals surface area contributed by atoms with Crippen molar-refractivity contribution in [2.45, 2.75) is 20.8 Å². The molecule has 0 atom stereocenters. The van der Waals surface area contributed by atoms with Crippen LogP contribution in [0.15, 0.2) is 175 Å². The van der Waals surface area contributed by atoms with Gasteiger partial charge in [-0.25, -0.2) is 0 Å². The highest BCUT2D eigenvalue weighted by Gasteiger charge is 2.25. The van der Waals surface area contributed by atoms with Crippen molar-refractivity contribution in [3.05, 3.63) is 175 Å². The second-order valence-corrected chi connectivity index (χ2v) is 31.5. The standard InChI is InChI=1S/C60H42N4O3S12/c1-4-68-58-61-55(65)52(77-58)31-40-19-22-46(71-40)49-28-25-43(74-49)34-7-13-37(14-8-34)64(38-15-9-35(10-16-38)44-26-29-50(75-44)47-23-20-41(72-47)32-53-56(66)62-59(78-53)69-5-2)39-17-11-36(12-18-39)45-27-30-51(76-45)48-24-21-42(73-48)33-54-57(67)63-60(79-54)70-6-3/h7-33H,4-6H2,1-3H3/b52-31+,53-32+,54-33+. The number of rotatable bonds is 15. The number of hydrogen-bond donors (Lipinski definition) is 0. The minimum absolute atomic E-state index is 0.158. The Kier molecular flexibility index (Phi) is 17.0. The van der Waals surface area contributed by atoms with Gasteiger partial charge in [-0.1, -0.05) is 128 Å². The minimum atomic E-state index is -0.158. The highest BCUT2D eigenvalue weighted by Crippen LogP contribution is 2.46. The molecule has 0 radical (unpaired) electrons. The third-order valence-electron chi connectivity index (χ3n) is 12.1. The van der Waals surface area contributed by atoms with E-state index in [9.17, 15) is 14.4 Å². The monoisotopic (exact) mass is 1250 g/mol. The summed E-state index contributed by atoms with van der Waals surface area (Å²) in [7, 11) is 0. The largest absolute Gasteiger partial charge is 0.311 e. The molecule has 9 aromatic rings. The van der Waals surface area contributed by atoms with Crippen molar-refractivity contribution in [1.82, 2.24) is 0 Å². The molecule has 12 rings (SSSR count). The summed E-state index contributed by atoms with van der Waals surface area (Å²) in [6.07, 6.45) is 5.89. The van der Waals surface area contributed by atoms with E-state index in [4.69, 9.17) is 0 Å². The van der Waals surface area contributed by atoms with Gasteiger partial charge in [0.05, 0.1) is 14.7 Å². The van der Waals surface area contributed by atoms with E-state index in [0.717, 1.165) is 78.8 Å². The smallest absolute Gasteiger partial charge is 0.285 e. The number of aliphatic imine (C=N–C) groups is 3. The van der Waals surface area contributed by atoms with Crippen molar-refractivity contribution < 1.29 is 14.4 Å². The number of carbonyl (C=O) groups excluding carboxylic acids is 3. The Bertz CT molecular complexity index is 3580. The minimum Gasteiger partial charge on any atom is -0.311 e. The Hall–Kier alpha value is -5.00. The Balaban J connectivity index is 0.790. The SMILES string of the molecule is CCSC1=NC(=O)/C(=C\c2ccc(-c3ccc(-c4ccc(N(c5ccc(-c6ccc(-c7ccc(/C=C8/SC(SCC)=NC8=O)s7)s6)cc5)c5ccc(-c6ccc(-c7ccc(/C=C8/SC(SCC)=NC8=O)s7)s6)cc5)cc4)s3)s2)S1. The number of anilines is 3. The molecule has 3 aliphatic heterocycles. The Labute approximate surface area is 507 Å². The first kappa shape index (κ1) is 54.6. The zero-order valence-corrected chi connectivity index (χ0v) is 51.9. The Morgan fingerprint density at radius 3 is 0.873 bits per heavy atom. The topological polar surface area (TPSA) is 91.5 Å². The van der Waals surface area contributed by atoms with Gasteiger partial charge in [-0.15, -0.1) is 68.0 Å². The highest BCUT2D eigenvalue weighted by atomic mass is 32.2. The molecule has 0 spiro atoms. The van der Waals surface area contributed by atoms with E-state index >= 15 is 0 Å². The van der Waals surface area contributed by atoms with Gasteiger partial charge in [0.25, 0.3) is 17.7 Å². The first-order valence-corrected chi connectivity index (χ1v) is 35.1. The van der Waals surface area contributed by atoms with Gasteiger partial charge in [0.1, 0.15) is 13.1 Å². The van der Waals surface area contributed by atoms with Crippen molar-refractivity contribution in [1.29, 1.82) is 0 Å². The summed E-state index contributed by atoms with van der Waals surface area (Å²) in [5.41, 5.74) is 6.54. The maximum Gasteiger partial charge on any atom is 0.285 e. The second-order valence-electron chi connectivity index (χ2n) is 17.3. The van der Waals surface area contributed by atoms with Crippen LogP contribution in [-0.2, 0) is 14.4 Å². The van der Waals surface area contributed by atoms with Crippen LogP contribution in [0.4, 0.5) is 17.1 Å². The number of carbonyl (C=O) groups is 3. The van der Waals surface area contributed by atoms with E-state index in [1.54, 1.807) is 103 Å². The molecule has 0 N–H and O–H groups in total. The number of amides is 3. The van der Waals surface area contributed by atoms with Crippen LogP contribution in [0, 0.1) is 0 Å². The molecule has 3 aromatic carbocycles. The molecule has 0 unspecified atom stereocenters. The summed E-state index contributed by atoms with van der Waals surface area (Å²) in [6.45, 7) is 6.20. The molecule has 0 saturated heterocycles. The van der Waals surface area contributed by atoms with Gasteiger partial charge in [-0.05, 0) is 161 Å². The number of nitrogens with zero attached hydrogens (tertiary/aromatic N) is 4. The van der Waals surface area contributed by atoms with Gasteiger partial charge >= 0.3 is 0 Å². The fraction of sp³-hybridized carbons (Fsp3) is 0.100. The van der Waals surface area contributed by atoms with Crippen LogP contribution in [0.2, 0.25) is 0 Å². The van der Waals surface area contributed by atoms with Crippen LogP contribution in [-0.4, -0.2) is 48.1 Å². The quantitative estimate of drug-likeness (QED) is 0.0924. The van der Waals surface area contributed by atoms with Crippen LogP contribution in [0.3, 0.4) is 0 Å². The molecule has 0 fully saturated rings. The van der Waals surface area contributed by atoms with Gasteiger partial charge in [-0.3, -0.25) is 14.4 Å². The fourth-order valence-electron chi connectivity index (χ4n) is 8.45. The zero-order valence-electron chi connectivity index (χ0n) is 42.1. The van der Waals surface area contributed by atoms with Crippen LogP contribution in [0.25, 0.3) is 78.8 Å². The predicted molar refractivity (Wildman–Crippen MR) is 359 cm³/mol. The third kappa shape index (κ3) is 12.4. The third-order valence-corrected chi connectivity index (χ3v) is 25.2. The number of thioether (sulfide) groups is 6. The van der Waals surface area contributed by atoms with Gasteiger partial charge < -0.3 is 4.90 Å². The molecular weight excluding hydrogens is 1210 g/mol. The van der Waals surface area contributed by atoms with Crippen molar-refractivity contribution in [2.75, 3.05) is 22.2 Å². The van der Waals surface area contributed by atoms with Crippen molar-refractivity contribution in [2.24, 2.45) is 15.0 Å². The van der Waals surface area contributed by atoms with Crippen LogP contribution in [0.5, 0.6) is 0 Å². The lowest BCUT2D eigenvalue weighted by atomic mass is 10.1. The van der Waals surface area contributed by atoms with E-state index in [1.807, 2.05) is 18.2 Å². The molecule has 7 nitrogen and oxygen atoms in total. The van der Waals surface area contributed by atoms with Gasteiger partial charge in [0.2, 0.25) is 0 Å². The average molecular weight is 1250 g/mol. The van der Waals surface area contributed by atoms with Gasteiger partial charge in [0.15, 0.2) is 0 Å². The van der Waals surface area contributed by atoms with Crippen molar-refractivity contribution in [3.63, 3.8) is 0 Å². The number of hydrogen-bond acceptors (Lipinski definition) is 16. The summed E-state index contributed by atoms with van der Waals surface area (Å²) in [5, 5.41) is 0. The Morgan fingerprint density at radius 1 is 0.342 bits per heavy atom. The lowest BCUT2D eigenvalue weighted by Gasteiger charge is -2.26. The van der Waals surface area contributed by atoms with Crippen LogP contribution >= 0.6 is 139 Å². The normalized spacial score (nSPS) is 16.1. The summed E-state index contributed by atoms with van der Waals surface area (Å²) in [5.74, 6) is 2.18. The molecule has 0 saturated carbocycles. The molecule has 392 valence electrons. The molecule has 0 aliphatic carbocycles. The molecule has 3 amide bonds. The predicted octanol–water partition coefficient (Wildman–Crippen LogP) is 20.7. The average Bonchev–Trinajstić information content (AvgIpc) is 4.34. The summed E-state index contributed by atoms with van der Waals surface area (Å²) in [6, 6.07) is 52.3. The van der Waals surface area contributed by atoms with E-state index in [1.165, 1.54) is 79.2 Å². The van der Waals surface area contributed by atoms with E-state index in [2.05, 4.69) is 186 Å². The van der Waals surface area contributed by atoms with Crippen molar-refractivity contribution >= 4 is 205 Å². The summed E-state index contributed by atoms with van der Waals surface area (Å²) < 4.78 is 2.46. The molecule has 79 heavy (non-hydrogen) atoms. The maximum atomic E-state index is 12.6. The molecular formula is C60H42N4O3S12. The highest BCUT2D eigenvalue weighted by molar-refractivity contribution is 8.42. The van der Waals surface area contributed by atoms with Crippen molar-refractivity contribution in [3.8, 4) is 60.6 Å². The van der Waals surface area contributed by atoms with E-state index in [0.29, 0.717) is 14.7 Å². The molecule has 6 aromatic heterocycles. The van der Waals surface area contributed by atoms with Gasteiger partial charge in [0, 0.05) is 75.6 Å². The summed E-state index contributed by atoms with van der Waals surface area (Å²) in [4.78, 5) is 68.4. The lowest BCUT2D eigenvalue weighted by molar-refractivity contribution is -0.114. The zero-order chi connectivity index (χ0) is 54.0. The number of thiophene rings is 6. The molecule has 0 bridgehead atoms. The first-order valence-electron chi connectivity index (χ1n) is 24.8. The van der Waals surface area contributed by atoms with Gasteiger partial charge in [-0.2, -0.15) is 15.0 Å². The fourth-order valence-corrected chi connectivity index (χ4v) is 20.5. The van der Waals surface area contributed by atoms with E-state index in [-0.39, 0.29) is 17.7 Å². The molecule has 3 aliphatic rings. The number of benzene rings is 3. The van der Waals surface area contributed by atoms with E-state index < -0.39 is 0 Å². The second kappa shape index (κ2) is 24.6. The first-order chi connectivity index (χ1) is 38.6. The molecule has 9 heterocycles. The Morgan fingerprint density at radius 2 is 0.595 bits per heavy atom. The maximum absolute atomic E-state index is 12.6. The van der Waals surface area contributed by atoms with Crippen LogP contribution < -0.4 is 4.90 Å². The molecule has 19 heteroatoms. The summed E-state index contributed by atoms with van der Waals surface area (Å²) >= 11 is 19.6.